The van der Waals surface area contributed by atoms with E-state index in [1.54, 1.807) is 12.3 Å². The largest absolute Gasteiger partial charge is 0.461 e. The van der Waals surface area contributed by atoms with Crippen LogP contribution in [-0.2, 0) is 21.6 Å². The molecule has 1 fully saturated rings. The highest BCUT2D eigenvalue weighted by molar-refractivity contribution is 6.29. The number of pyridine rings is 1. The second-order valence-corrected chi connectivity index (χ2v) is 5.86. The maximum atomic E-state index is 12.0. The van der Waals surface area contributed by atoms with Gasteiger partial charge in [0.05, 0.1) is 6.42 Å². The third-order valence-corrected chi connectivity index (χ3v) is 4.14. The summed E-state index contributed by atoms with van der Waals surface area (Å²) in [5.41, 5.74) is 1.98. The van der Waals surface area contributed by atoms with E-state index in [0.29, 0.717) is 18.2 Å². The van der Waals surface area contributed by atoms with Crippen LogP contribution in [-0.4, -0.2) is 11.0 Å². The topological polar surface area (TPSA) is 39.2 Å². The summed E-state index contributed by atoms with van der Waals surface area (Å²) in [6, 6.07) is 13.4. The van der Waals surface area contributed by atoms with Crippen molar-refractivity contribution in [3.05, 3.63) is 64.9 Å². The van der Waals surface area contributed by atoms with Gasteiger partial charge in [0.25, 0.3) is 0 Å². The number of nitrogens with zero attached hydrogens (tertiary/aromatic N) is 1. The summed E-state index contributed by atoms with van der Waals surface area (Å²) >= 11 is 5.80. The van der Waals surface area contributed by atoms with Crippen LogP contribution in [0.1, 0.15) is 30.4 Å². The van der Waals surface area contributed by atoms with E-state index in [4.69, 9.17) is 16.3 Å². The van der Waals surface area contributed by atoms with Crippen LogP contribution in [0, 0.1) is 0 Å². The molecule has 108 valence electrons. The minimum absolute atomic E-state index is 0.0919. The van der Waals surface area contributed by atoms with E-state index in [9.17, 15) is 4.79 Å². The van der Waals surface area contributed by atoms with E-state index in [-0.39, 0.29) is 11.4 Å². The minimum Gasteiger partial charge on any atom is -0.461 e. The highest BCUT2D eigenvalue weighted by Crippen LogP contribution is 2.51. The number of halogens is 1. The van der Waals surface area contributed by atoms with Gasteiger partial charge in [0.1, 0.15) is 11.8 Å². The molecule has 0 unspecified atom stereocenters. The predicted molar refractivity (Wildman–Crippen MR) is 81.0 cm³/mol. The van der Waals surface area contributed by atoms with Crippen LogP contribution in [0.4, 0.5) is 0 Å². The van der Waals surface area contributed by atoms with E-state index in [1.807, 2.05) is 36.4 Å². The number of rotatable bonds is 5. The molecule has 0 spiro atoms. The zero-order valence-electron chi connectivity index (χ0n) is 11.6. The first kappa shape index (κ1) is 14.1. The lowest BCUT2D eigenvalue weighted by atomic mass is 9.94. The summed E-state index contributed by atoms with van der Waals surface area (Å²) in [4.78, 5) is 16.1. The monoisotopic (exact) mass is 301 g/mol. The molecule has 3 rings (SSSR count). The van der Waals surface area contributed by atoms with E-state index >= 15 is 0 Å². The molecular weight excluding hydrogens is 286 g/mol. The molecule has 1 saturated carbocycles. The molecule has 4 heteroatoms. The second-order valence-electron chi connectivity index (χ2n) is 5.47. The van der Waals surface area contributed by atoms with Gasteiger partial charge in [-0.25, -0.2) is 4.98 Å². The Labute approximate surface area is 128 Å². The van der Waals surface area contributed by atoms with Gasteiger partial charge in [0.15, 0.2) is 0 Å². The second kappa shape index (κ2) is 5.86. The molecule has 0 saturated heterocycles. The van der Waals surface area contributed by atoms with Crippen molar-refractivity contribution in [2.45, 2.75) is 31.3 Å². The Bertz CT molecular complexity index is 621. The van der Waals surface area contributed by atoms with Crippen LogP contribution >= 0.6 is 11.6 Å². The average molecular weight is 302 g/mol. The molecule has 0 N–H and O–H groups in total. The van der Waals surface area contributed by atoms with Gasteiger partial charge >= 0.3 is 5.97 Å². The summed E-state index contributed by atoms with van der Waals surface area (Å²) in [6.07, 6.45) is 4.16. The van der Waals surface area contributed by atoms with Crippen molar-refractivity contribution >= 4 is 17.6 Å². The third kappa shape index (κ3) is 3.42. The molecule has 1 aromatic heterocycles. The molecule has 1 aromatic carbocycles. The smallest absolute Gasteiger partial charge is 0.307 e. The molecular formula is C17H16ClNO2. The first-order chi connectivity index (χ1) is 10.2. The van der Waals surface area contributed by atoms with Gasteiger partial charge in [-0.15, -0.1) is 0 Å². The maximum Gasteiger partial charge on any atom is 0.307 e. The molecule has 1 aliphatic rings. The van der Waals surface area contributed by atoms with Crippen molar-refractivity contribution in [1.82, 2.24) is 4.98 Å². The first-order valence-corrected chi connectivity index (χ1v) is 7.37. The summed E-state index contributed by atoms with van der Waals surface area (Å²) in [6.45, 7) is 0.328. The SMILES string of the molecule is O=C(CC1(c2ccc(Cl)nc2)CC1)OCc1ccccc1. The fourth-order valence-corrected chi connectivity index (χ4v) is 2.59. The number of benzene rings is 1. The van der Waals surface area contributed by atoms with Gasteiger partial charge in [0.2, 0.25) is 0 Å². The van der Waals surface area contributed by atoms with E-state index in [2.05, 4.69) is 4.98 Å². The van der Waals surface area contributed by atoms with Crippen LogP contribution < -0.4 is 0 Å². The van der Waals surface area contributed by atoms with Crippen LogP contribution in [0.15, 0.2) is 48.7 Å². The van der Waals surface area contributed by atoms with Crippen LogP contribution in [0.25, 0.3) is 0 Å². The molecule has 0 bridgehead atoms. The van der Waals surface area contributed by atoms with Gasteiger partial charge < -0.3 is 4.74 Å². The standard InChI is InChI=1S/C17H16ClNO2/c18-15-7-6-14(11-19-15)17(8-9-17)10-16(20)21-12-13-4-2-1-3-5-13/h1-7,11H,8-10,12H2. The van der Waals surface area contributed by atoms with Gasteiger partial charge in [-0.05, 0) is 30.0 Å². The zero-order valence-corrected chi connectivity index (χ0v) is 12.3. The summed E-state index contributed by atoms with van der Waals surface area (Å²) < 4.78 is 5.36. The quantitative estimate of drug-likeness (QED) is 0.621. The number of ether oxygens (including phenoxy) is 1. The lowest BCUT2D eigenvalue weighted by Crippen LogP contribution is -2.16. The van der Waals surface area contributed by atoms with Crippen LogP contribution in [0.2, 0.25) is 5.15 Å². The number of esters is 1. The Balaban J connectivity index is 1.58. The Morgan fingerprint density at radius 1 is 1.19 bits per heavy atom. The minimum atomic E-state index is -0.161. The molecule has 21 heavy (non-hydrogen) atoms. The molecule has 0 atom stereocenters. The van der Waals surface area contributed by atoms with Gasteiger partial charge in [-0.2, -0.15) is 0 Å². The van der Waals surface area contributed by atoms with Crippen molar-refractivity contribution in [3.63, 3.8) is 0 Å². The summed E-state index contributed by atoms with van der Waals surface area (Å²) in [5, 5.41) is 0.473. The third-order valence-electron chi connectivity index (χ3n) is 3.92. The van der Waals surface area contributed by atoms with Crippen molar-refractivity contribution < 1.29 is 9.53 Å². The Morgan fingerprint density at radius 2 is 1.95 bits per heavy atom. The van der Waals surface area contributed by atoms with E-state index in [1.165, 1.54) is 0 Å². The van der Waals surface area contributed by atoms with E-state index in [0.717, 1.165) is 24.0 Å². The van der Waals surface area contributed by atoms with Crippen LogP contribution in [0.5, 0.6) is 0 Å². The molecule has 0 aliphatic heterocycles. The Kier molecular flexibility index (Phi) is 3.93. The predicted octanol–water partition coefficient (Wildman–Crippen LogP) is 3.90. The molecule has 1 heterocycles. The number of hydrogen-bond acceptors (Lipinski definition) is 3. The van der Waals surface area contributed by atoms with Crippen molar-refractivity contribution in [2.75, 3.05) is 0 Å². The highest BCUT2D eigenvalue weighted by atomic mass is 35.5. The first-order valence-electron chi connectivity index (χ1n) is 7.00. The Hall–Kier alpha value is -1.87. The molecule has 2 aromatic rings. The van der Waals surface area contributed by atoms with Crippen molar-refractivity contribution in [1.29, 1.82) is 0 Å². The van der Waals surface area contributed by atoms with E-state index < -0.39 is 0 Å². The number of carbonyl (C=O) groups excluding carboxylic acids is 1. The Morgan fingerprint density at radius 3 is 2.57 bits per heavy atom. The van der Waals surface area contributed by atoms with Crippen molar-refractivity contribution in [2.24, 2.45) is 0 Å². The molecule has 0 amide bonds. The zero-order chi connectivity index (χ0) is 14.7. The normalized spacial score (nSPS) is 15.5. The fourth-order valence-electron chi connectivity index (χ4n) is 2.47. The summed E-state index contributed by atoms with van der Waals surface area (Å²) in [5.74, 6) is -0.161. The van der Waals surface area contributed by atoms with Crippen molar-refractivity contribution in [3.8, 4) is 0 Å². The number of aromatic nitrogens is 1. The maximum absolute atomic E-state index is 12.0. The lowest BCUT2D eigenvalue weighted by molar-refractivity contribution is -0.145. The molecule has 1 aliphatic carbocycles. The van der Waals surface area contributed by atoms with Gasteiger partial charge in [-0.1, -0.05) is 48.0 Å². The van der Waals surface area contributed by atoms with Gasteiger partial charge in [-0.3, -0.25) is 4.79 Å². The van der Waals surface area contributed by atoms with Crippen LogP contribution in [0.3, 0.4) is 0 Å². The highest BCUT2D eigenvalue weighted by Gasteiger charge is 2.46. The molecule has 3 nitrogen and oxygen atoms in total. The fraction of sp³-hybridized carbons (Fsp3) is 0.294. The lowest BCUT2D eigenvalue weighted by Gasteiger charge is -2.14. The average Bonchev–Trinajstić information content (AvgIpc) is 3.27. The number of carbonyl (C=O) groups is 1. The van der Waals surface area contributed by atoms with Gasteiger partial charge in [0, 0.05) is 11.6 Å². The summed E-state index contributed by atoms with van der Waals surface area (Å²) in [7, 11) is 0. The molecule has 0 radical (unpaired) electrons. The number of hydrogen-bond donors (Lipinski definition) is 0.